The van der Waals surface area contributed by atoms with Crippen molar-refractivity contribution >= 4 is 40.6 Å². The molecule has 0 aromatic carbocycles. The van der Waals surface area contributed by atoms with Crippen LogP contribution in [0.3, 0.4) is 0 Å². The summed E-state index contributed by atoms with van der Waals surface area (Å²) < 4.78 is 1.43. The third kappa shape index (κ3) is 2.36. The van der Waals surface area contributed by atoms with Crippen LogP contribution >= 0.6 is 23.2 Å². The number of hydrogen-bond acceptors (Lipinski definition) is 5. The fourth-order valence-corrected chi connectivity index (χ4v) is 1.56. The van der Waals surface area contributed by atoms with Gasteiger partial charge in [-0.2, -0.15) is 5.10 Å². The highest BCUT2D eigenvalue weighted by molar-refractivity contribution is 6.43. The number of nitrogen functional groups attached to an aromatic ring is 1. The Hall–Kier alpha value is -1.86. The molecule has 0 aliphatic rings. The molecule has 0 bridgehead atoms. The van der Waals surface area contributed by atoms with Crippen molar-refractivity contribution in [3.05, 3.63) is 28.4 Å². The molecule has 1 amide bonds. The van der Waals surface area contributed by atoms with Crippen molar-refractivity contribution in [2.75, 3.05) is 11.1 Å². The molecule has 0 atom stereocenters. The summed E-state index contributed by atoms with van der Waals surface area (Å²) in [6, 6.07) is 0. The fourth-order valence-electron chi connectivity index (χ4n) is 1.29. The van der Waals surface area contributed by atoms with Crippen molar-refractivity contribution in [2.24, 2.45) is 7.05 Å². The summed E-state index contributed by atoms with van der Waals surface area (Å²) in [5, 5.41) is 6.49. The van der Waals surface area contributed by atoms with Crippen LogP contribution in [0.4, 0.5) is 11.5 Å². The van der Waals surface area contributed by atoms with E-state index in [1.807, 2.05) is 0 Å². The number of nitrogens with one attached hydrogen (secondary N) is 1. The normalized spacial score (nSPS) is 10.4. The zero-order chi connectivity index (χ0) is 13.3. The number of aryl methyl sites for hydroxylation is 1. The minimum absolute atomic E-state index is 0.0518. The Balaban J connectivity index is 2.27. The molecule has 0 aliphatic carbocycles. The van der Waals surface area contributed by atoms with Crippen molar-refractivity contribution in [2.45, 2.75) is 0 Å². The molecule has 9 heteroatoms. The SMILES string of the molecule is Cn1cc(N)c(C(=O)Nc2ncnc(Cl)c2Cl)n1. The molecule has 2 heterocycles. The summed E-state index contributed by atoms with van der Waals surface area (Å²) in [6.45, 7) is 0. The molecule has 0 saturated carbocycles. The van der Waals surface area contributed by atoms with Crippen molar-refractivity contribution in [1.82, 2.24) is 19.7 Å². The van der Waals surface area contributed by atoms with E-state index in [1.54, 1.807) is 7.05 Å². The lowest BCUT2D eigenvalue weighted by atomic mass is 10.3. The second-order valence-corrected chi connectivity index (χ2v) is 4.12. The predicted octanol–water partition coefficient (Wildman–Crippen LogP) is 1.35. The molecule has 3 N–H and O–H groups in total. The van der Waals surface area contributed by atoms with Crippen LogP contribution in [0.2, 0.25) is 10.2 Å². The Morgan fingerprint density at radius 3 is 2.78 bits per heavy atom. The lowest BCUT2D eigenvalue weighted by Gasteiger charge is -2.05. The fraction of sp³-hybridized carbons (Fsp3) is 0.111. The molecule has 2 rings (SSSR count). The molecular formula is C9H8Cl2N6O. The van der Waals surface area contributed by atoms with Crippen molar-refractivity contribution in [1.29, 1.82) is 0 Å². The summed E-state index contributed by atoms with van der Waals surface area (Å²) in [5.74, 6) is -0.420. The second kappa shape index (κ2) is 4.79. The molecule has 94 valence electrons. The number of carbonyl (C=O) groups is 1. The van der Waals surface area contributed by atoms with Gasteiger partial charge in [-0.15, -0.1) is 0 Å². The van der Waals surface area contributed by atoms with E-state index in [9.17, 15) is 4.79 Å². The molecule has 2 aromatic rings. The maximum atomic E-state index is 11.9. The van der Waals surface area contributed by atoms with Crippen molar-refractivity contribution in [3.8, 4) is 0 Å². The maximum Gasteiger partial charge on any atom is 0.279 e. The molecule has 7 nitrogen and oxygen atoms in total. The summed E-state index contributed by atoms with van der Waals surface area (Å²) in [5.41, 5.74) is 5.97. The van der Waals surface area contributed by atoms with E-state index in [1.165, 1.54) is 17.2 Å². The largest absolute Gasteiger partial charge is 0.396 e. The third-order valence-electron chi connectivity index (χ3n) is 2.05. The Kier molecular flexibility index (Phi) is 3.35. The van der Waals surface area contributed by atoms with Gasteiger partial charge < -0.3 is 11.1 Å². The highest BCUT2D eigenvalue weighted by Gasteiger charge is 2.17. The molecular weight excluding hydrogens is 279 g/mol. The van der Waals surface area contributed by atoms with E-state index in [0.717, 1.165) is 0 Å². The van der Waals surface area contributed by atoms with Crippen LogP contribution in [0.25, 0.3) is 0 Å². The van der Waals surface area contributed by atoms with Gasteiger partial charge in [0, 0.05) is 13.2 Å². The number of rotatable bonds is 2. The lowest BCUT2D eigenvalue weighted by Crippen LogP contribution is -2.16. The number of halogens is 2. The highest BCUT2D eigenvalue weighted by atomic mass is 35.5. The second-order valence-electron chi connectivity index (χ2n) is 3.39. The van der Waals surface area contributed by atoms with Crippen LogP contribution in [0.15, 0.2) is 12.5 Å². The first-order valence-electron chi connectivity index (χ1n) is 4.75. The Morgan fingerprint density at radius 2 is 2.17 bits per heavy atom. The number of nitrogens with two attached hydrogens (primary N) is 1. The summed E-state index contributed by atoms with van der Waals surface area (Å²) in [6.07, 6.45) is 2.70. The van der Waals surface area contributed by atoms with E-state index in [-0.39, 0.29) is 27.4 Å². The number of amides is 1. The van der Waals surface area contributed by atoms with Gasteiger partial charge in [0.05, 0.1) is 5.69 Å². The Bertz CT molecular complexity index is 611. The van der Waals surface area contributed by atoms with Gasteiger partial charge in [-0.25, -0.2) is 9.97 Å². The van der Waals surface area contributed by atoms with E-state index in [4.69, 9.17) is 28.9 Å². The zero-order valence-corrected chi connectivity index (χ0v) is 10.7. The number of anilines is 2. The first-order valence-corrected chi connectivity index (χ1v) is 5.51. The van der Waals surface area contributed by atoms with E-state index >= 15 is 0 Å². The van der Waals surface area contributed by atoms with Crippen molar-refractivity contribution in [3.63, 3.8) is 0 Å². The molecule has 18 heavy (non-hydrogen) atoms. The minimum atomic E-state index is -0.523. The third-order valence-corrected chi connectivity index (χ3v) is 2.79. The number of carbonyl (C=O) groups excluding carboxylic acids is 1. The first kappa shape index (κ1) is 12.6. The van der Waals surface area contributed by atoms with E-state index < -0.39 is 5.91 Å². The van der Waals surface area contributed by atoms with Crippen LogP contribution < -0.4 is 11.1 Å². The first-order chi connectivity index (χ1) is 8.49. The molecule has 0 spiro atoms. The standard InChI is InChI=1S/C9H8Cl2N6O/c1-17-2-4(12)6(16-17)9(18)15-8-5(10)7(11)13-3-14-8/h2-3H,12H2,1H3,(H,13,14,15,18). The average Bonchev–Trinajstić information content (AvgIpc) is 2.64. The van der Waals surface area contributed by atoms with Gasteiger partial charge in [0.2, 0.25) is 0 Å². The summed E-state index contributed by atoms with van der Waals surface area (Å²) in [7, 11) is 1.65. The Labute approximate surface area is 112 Å². The highest BCUT2D eigenvalue weighted by Crippen LogP contribution is 2.25. The van der Waals surface area contributed by atoms with E-state index in [2.05, 4.69) is 20.4 Å². The monoisotopic (exact) mass is 286 g/mol. The van der Waals surface area contributed by atoms with Crippen LogP contribution in [-0.4, -0.2) is 25.7 Å². The molecule has 2 aromatic heterocycles. The maximum absolute atomic E-state index is 11.9. The topological polar surface area (TPSA) is 98.7 Å². The van der Waals surface area contributed by atoms with Crippen LogP contribution in [0.1, 0.15) is 10.5 Å². The number of hydrogen-bond donors (Lipinski definition) is 2. The predicted molar refractivity (Wildman–Crippen MR) is 67.6 cm³/mol. The smallest absolute Gasteiger partial charge is 0.279 e. The van der Waals surface area contributed by atoms with Crippen LogP contribution in [0, 0.1) is 0 Å². The van der Waals surface area contributed by atoms with Gasteiger partial charge in [-0.3, -0.25) is 9.48 Å². The lowest BCUT2D eigenvalue weighted by molar-refractivity contribution is 0.102. The quantitative estimate of drug-likeness (QED) is 0.812. The summed E-state index contributed by atoms with van der Waals surface area (Å²) in [4.78, 5) is 19.4. The van der Waals surface area contributed by atoms with Gasteiger partial charge in [0.1, 0.15) is 11.3 Å². The molecule has 0 radical (unpaired) electrons. The van der Waals surface area contributed by atoms with Crippen molar-refractivity contribution < 1.29 is 4.79 Å². The molecule has 0 fully saturated rings. The minimum Gasteiger partial charge on any atom is -0.396 e. The van der Waals surface area contributed by atoms with Crippen LogP contribution in [-0.2, 0) is 7.05 Å². The Morgan fingerprint density at radius 1 is 1.44 bits per heavy atom. The molecule has 0 saturated heterocycles. The van der Waals surface area contributed by atoms with Gasteiger partial charge >= 0.3 is 0 Å². The zero-order valence-electron chi connectivity index (χ0n) is 9.19. The number of nitrogens with zero attached hydrogens (tertiary/aromatic N) is 4. The number of aromatic nitrogens is 4. The average molecular weight is 287 g/mol. The van der Waals surface area contributed by atoms with Gasteiger partial charge in [-0.1, -0.05) is 23.2 Å². The molecule has 0 aliphatic heterocycles. The van der Waals surface area contributed by atoms with Gasteiger partial charge in [-0.05, 0) is 0 Å². The molecule has 0 unspecified atom stereocenters. The van der Waals surface area contributed by atoms with Gasteiger partial charge in [0.15, 0.2) is 16.7 Å². The van der Waals surface area contributed by atoms with E-state index in [0.29, 0.717) is 0 Å². The van der Waals surface area contributed by atoms with Gasteiger partial charge in [0.25, 0.3) is 5.91 Å². The van der Waals surface area contributed by atoms with Crippen LogP contribution in [0.5, 0.6) is 0 Å². The summed E-state index contributed by atoms with van der Waals surface area (Å²) >= 11 is 11.5.